The summed E-state index contributed by atoms with van der Waals surface area (Å²) in [6.07, 6.45) is 132. The Balaban J connectivity index is 4.15. The van der Waals surface area contributed by atoms with Gasteiger partial charge in [0.25, 0.3) is 7.82 Å². The van der Waals surface area contributed by atoms with Crippen molar-refractivity contribution < 1.29 is 42.1 Å². The number of carbonyl (C=O) groups excluding carboxylic acids is 2. The summed E-state index contributed by atoms with van der Waals surface area (Å²) in [5.41, 5.74) is 0. The molecule has 0 saturated carbocycles. The number of unbranched alkanes of at least 4 members (excludes halogenated alkanes) is 15. The summed E-state index contributed by atoms with van der Waals surface area (Å²) >= 11 is 0. The molecule has 10 heteroatoms. The Morgan fingerprint density at radius 2 is 0.519 bits per heavy atom. The minimum absolute atomic E-state index is 0.0490. The van der Waals surface area contributed by atoms with Crippen LogP contribution in [-0.4, -0.2) is 70.0 Å². The van der Waals surface area contributed by atoms with Gasteiger partial charge in [0.2, 0.25) is 0 Å². The molecule has 0 radical (unpaired) electrons. The molecule has 0 aromatic heterocycles. The van der Waals surface area contributed by atoms with Crippen LogP contribution < -0.4 is 4.89 Å². The molecule has 0 aliphatic rings. The van der Waals surface area contributed by atoms with E-state index in [4.69, 9.17) is 18.5 Å². The van der Waals surface area contributed by atoms with E-state index in [-0.39, 0.29) is 26.1 Å². The highest BCUT2D eigenvalue weighted by molar-refractivity contribution is 7.45. The van der Waals surface area contributed by atoms with Crippen molar-refractivity contribution in [2.24, 2.45) is 0 Å². The molecule has 0 aliphatic carbocycles. The molecule has 2 atom stereocenters. The zero-order valence-corrected chi connectivity index (χ0v) is 67.0. The van der Waals surface area contributed by atoms with E-state index in [2.05, 4.69) is 269 Å². The van der Waals surface area contributed by atoms with Crippen LogP contribution in [0.5, 0.6) is 0 Å². The average Bonchev–Trinajstić information content (AvgIpc) is 0.915. The smallest absolute Gasteiger partial charge is 0.306 e. The normalized spacial score (nSPS) is 14.4. The molecule has 2 unspecified atom stereocenters. The van der Waals surface area contributed by atoms with E-state index in [1.165, 1.54) is 38.5 Å². The number of hydrogen-bond acceptors (Lipinski definition) is 8. The summed E-state index contributed by atoms with van der Waals surface area (Å²) in [6.45, 7) is 3.96. The van der Waals surface area contributed by atoms with Crippen molar-refractivity contribution in [3.8, 4) is 0 Å². The molecule has 9 nitrogen and oxygen atoms in total. The predicted octanol–water partition coefficient (Wildman–Crippen LogP) is 27.0. The van der Waals surface area contributed by atoms with Gasteiger partial charge in [-0.25, -0.2) is 0 Å². The molecule has 0 saturated heterocycles. The molecule has 0 fully saturated rings. The third kappa shape index (κ3) is 84.5. The summed E-state index contributed by atoms with van der Waals surface area (Å²) in [7, 11) is 1.12. The SMILES string of the molecule is CC/C=C\C/C=C\C/C=C\C/C=C\C/C=C\C/C=C\C/C=C\C/C=C\C/C=C\C/C=C\C/C=C\CCCCCCCC(=O)OC(COC(=O)CCCCCCCCCCCC/C=C\C/C=C\C/C=C\C/C=C\C/C=C\C/C=C\C/C=C\C/C=C\C/C=C\C/C=C\CC)COP(=O)([O-])OCC[N+](C)(C)C. The van der Waals surface area contributed by atoms with Crippen molar-refractivity contribution in [1.82, 2.24) is 0 Å². The van der Waals surface area contributed by atoms with Crippen LogP contribution in [0.1, 0.15) is 271 Å². The maximum absolute atomic E-state index is 12.9. The van der Waals surface area contributed by atoms with Gasteiger partial charge in [-0.05, 0) is 173 Å². The standard InChI is InChI=1S/C94H146NO8P/c1-6-8-10-12-14-16-18-20-22-24-26-28-30-32-34-36-38-40-42-44-46-47-49-50-52-54-56-58-60-62-64-66-68-70-72-74-76-78-80-82-84-86-93(96)100-90-92(91-102-104(98,99)101-89-88-95(3,4)5)103-94(97)87-85-83-81-79-77-75-73-71-69-67-65-63-61-59-57-55-53-51-48-45-43-41-39-37-35-33-31-29-27-25-23-21-19-17-15-13-11-9-7-2/h8-11,14-17,20-23,26-29,32-35,38-41,44-46,48-50,53-56,59-62,65,67,71,73,92H,6-7,12-13,18-19,24-25,30-31,36-37,42-43,47,51-52,57-58,63-64,66,68-70,72,74-91H2,1-5H3/b10-8-,11-9-,16-14-,17-15-,22-20-,23-21-,28-26-,29-27-,34-32-,35-33-,40-38-,41-39-,46-44-,48-45-,50-49-,55-53-,56-54-,61-59-,62-60-,67-65-,73-71-. The number of phosphoric ester groups is 1. The Hall–Kier alpha value is -6.45. The molecule has 0 bridgehead atoms. The minimum atomic E-state index is -4.67. The van der Waals surface area contributed by atoms with Crippen LogP contribution in [0.3, 0.4) is 0 Å². The summed E-state index contributed by atoms with van der Waals surface area (Å²) in [6, 6.07) is 0. The molecular weight excluding hydrogens is 1300 g/mol. The first-order chi connectivity index (χ1) is 51.0. The van der Waals surface area contributed by atoms with E-state index >= 15 is 0 Å². The van der Waals surface area contributed by atoms with Gasteiger partial charge in [-0.1, -0.05) is 340 Å². The van der Waals surface area contributed by atoms with Crippen LogP contribution in [0.25, 0.3) is 0 Å². The van der Waals surface area contributed by atoms with Gasteiger partial charge in [-0.2, -0.15) is 0 Å². The number of ether oxygens (including phenoxy) is 2. The maximum atomic E-state index is 12.9. The molecule has 0 aliphatic heterocycles. The van der Waals surface area contributed by atoms with Gasteiger partial charge in [0, 0.05) is 12.8 Å². The highest BCUT2D eigenvalue weighted by Crippen LogP contribution is 2.38. The summed E-state index contributed by atoms with van der Waals surface area (Å²) in [5.74, 6) is -0.878. The maximum Gasteiger partial charge on any atom is 0.306 e. The van der Waals surface area contributed by atoms with Gasteiger partial charge >= 0.3 is 11.9 Å². The molecule has 0 rings (SSSR count). The Kier molecular flexibility index (Phi) is 75.6. The van der Waals surface area contributed by atoms with Crippen molar-refractivity contribution >= 4 is 19.8 Å². The zero-order chi connectivity index (χ0) is 75.4. The van der Waals surface area contributed by atoms with E-state index in [0.29, 0.717) is 23.9 Å². The second-order valence-electron chi connectivity index (χ2n) is 27.0. The number of nitrogens with zero attached hydrogens (tertiary/aromatic N) is 1. The Labute approximate surface area is 637 Å². The Bertz CT molecular complexity index is 2720. The van der Waals surface area contributed by atoms with Crippen molar-refractivity contribution in [2.45, 2.75) is 277 Å². The molecule has 104 heavy (non-hydrogen) atoms. The van der Waals surface area contributed by atoms with E-state index in [1.54, 1.807) is 0 Å². The van der Waals surface area contributed by atoms with E-state index in [9.17, 15) is 19.0 Å². The second-order valence-corrected chi connectivity index (χ2v) is 28.4. The molecule has 0 amide bonds. The Morgan fingerprint density at radius 3 is 0.769 bits per heavy atom. The number of carbonyl (C=O) groups is 2. The van der Waals surface area contributed by atoms with Crippen LogP contribution in [0.15, 0.2) is 255 Å². The third-order valence-corrected chi connectivity index (χ3v) is 17.0. The van der Waals surface area contributed by atoms with E-state index in [1.807, 2.05) is 21.1 Å². The second kappa shape index (κ2) is 80.6. The largest absolute Gasteiger partial charge is 0.756 e. The fourth-order valence-corrected chi connectivity index (χ4v) is 10.7. The monoisotopic (exact) mass is 1450 g/mol. The average molecular weight is 1450 g/mol. The van der Waals surface area contributed by atoms with Crippen LogP contribution in [0.2, 0.25) is 0 Å². The lowest BCUT2D eigenvalue weighted by molar-refractivity contribution is -0.870. The number of likely N-dealkylation sites (N-methyl/N-ethyl adjacent to an activating group) is 1. The number of allylic oxidation sites excluding steroid dienone is 42. The summed E-state index contributed by atoms with van der Waals surface area (Å²) < 4.78 is 34.4. The van der Waals surface area contributed by atoms with Gasteiger partial charge in [0.1, 0.15) is 19.8 Å². The quantitative estimate of drug-likeness (QED) is 0.0195. The lowest BCUT2D eigenvalue weighted by Crippen LogP contribution is -2.37. The van der Waals surface area contributed by atoms with Crippen molar-refractivity contribution in [3.05, 3.63) is 255 Å². The number of quaternary nitrogens is 1. The van der Waals surface area contributed by atoms with Crippen LogP contribution >= 0.6 is 7.82 Å². The molecular formula is C94H146NO8P. The zero-order valence-electron chi connectivity index (χ0n) is 66.1. The van der Waals surface area contributed by atoms with Gasteiger partial charge in [-0.15, -0.1) is 0 Å². The lowest BCUT2D eigenvalue weighted by Gasteiger charge is -2.28. The molecule has 580 valence electrons. The predicted molar refractivity (Wildman–Crippen MR) is 451 cm³/mol. The fraction of sp³-hybridized carbons (Fsp3) is 0.532. The van der Waals surface area contributed by atoms with E-state index in [0.717, 1.165) is 193 Å². The number of esters is 2. The number of phosphoric acid groups is 1. The molecule has 0 spiro atoms. The molecule has 0 N–H and O–H groups in total. The fourth-order valence-electron chi connectivity index (χ4n) is 9.98. The summed E-state index contributed by atoms with van der Waals surface area (Å²) in [4.78, 5) is 38.2. The number of hydrogen-bond donors (Lipinski definition) is 0. The number of rotatable bonds is 71. The molecule has 0 aromatic carbocycles. The highest BCUT2D eigenvalue weighted by Gasteiger charge is 2.22. The summed E-state index contributed by atoms with van der Waals surface area (Å²) in [5, 5.41) is 0. The first-order valence-electron chi connectivity index (χ1n) is 40.4. The Morgan fingerprint density at radius 1 is 0.298 bits per heavy atom. The van der Waals surface area contributed by atoms with Crippen LogP contribution in [-0.2, 0) is 32.7 Å². The van der Waals surface area contributed by atoms with Gasteiger partial charge in [-0.3, -0.25) is 14.2 Å². The molecule has 0 aromatic rings. The lowest BCUT2D eigenvalue weighted by atomic mass is 10.1. The third-order valence-electron chi connectivity index (χ3n) is 16.1. The first-order valence-corrected chi connectivity index (χ1v) is 41.9. The van der Waals surface area contributed by atoms with Gasteiger partial charge < -0.3 is 27.9 Å². The van der Waals surface area contributed by atoms with Gasteiger partial charge in [0.15, 0.2) is 6.10 Å². The van der Waals surface area contributed by atoms with Crippen molar-refractivity contribution in [1.29, 1.82) is 0 Å². The molecule has 0 heterocycles. The minimum Gasteiger partial charge on any atom is -0.756 e. The van der Waals surface area contributed by atoms with Crippen molar-refractivity contribution in [3.63, 3.8) is 0 Å². The topological polar surface area (TPSA) is 111 Å². The van der Waals surface area contributed by atoms with Crippen LogP contribution in [0.4, 0.5) is 0 Å². The first kappa shape index (κ1) is 97.5. The van der Waals surface area contributed by atoms with Crippen LogP contribution in [0, 0.1) is 0 Å². The highest BCUT2D eigenvalue weighted by atomic mass is 31.2. The van der Waals surface area contributed by atoms with E-state index < -0.39 is 32.5 Å². The van der Waals surface area contributed by atoms with Crippen molar-refractivity contribution in [2.75, 3.05) is 47.5 Å². The van der Waals surface area contributed by atoms with Gasteiger partial charge in [0.05, 0.1) is 27.7 Å².